The minimum atomic E-state index is -0.445. The lowest BCUT2D eigenvalue weighted by Crippen LogP contribution is -2.47. The number of nitrogens with zero attached hydrogens (tertiary/aromatic N) is 1. The third kappa shape index (κ3) is 4.72. The number of morpholine rings is 1. The Labute approximate surface area is 148 Å². The van der Waals surface area contributed by atoms with Gasteiger partial charge in [0, 0.05) is 31.4 Å². The highest BCUT2D eigenvalue weighted by Crippen LogP contribution is 2.28. The van der Waals surface area contributed by atoms with E-state index in [-0.39, 0.29) is 17.7 Å². The second kappa shape index (κ2) is 8.34. The number of ether oxygens (including phenoxy) is 1. The van der Waals surface area contributed by atoms with Crippen molar-refractivity contribution >= 4 is 23.2 Å². The number of carbonyl (C=O) groups is 2. The molecule has 3 rings (SSSR count). The average Bonchev–Trinajstić information content (AvgIpc) is 3.15. The van der Waals surface area contributed by atoms with E-state index < -0.39 is 6.04 Å². The van der Waals surface area contributed by atoms with Crippen LogP contribution in [0, 0.1) is 5.92 Å². The summed E-state index contributed by atoms with van der Waals surface area (Å²) in [5, 5.41) is 5.79. The van der Waals surface area contributed by atoms with Gasteiger partial charge in [0.1, 0.15) is 6.04 Å². The van der Waals surface area contributed by atoms with E-state index in [0.29, 0.717) is 0 Å². The minimum absolute atomic E-state index is 0.124. The number of benzene rings is 1. The summed E-state index contributed by atoms with van der Waals surface area (Å²) >= 11 is 0. The van der Waals surface area contributed by atoms with E-state index in [1.807, 2.05) is 24.3 Å². The molecule has 2 amide bonds. The number of hydrogen-bond acceptors (Lipinski definition) is 4. The molecule has 0 unspecified atom stereocenters. The molecule has 136 valence electrons. The van der Waals surface area contributed by atoms with Gasteiger partial charge in [-0.3, -0.25) is 9.59 Å². The Balaban J connectivity index is 1.62. The van der Waals surface area contributed by atoms with Crippen molar-refractivity contribution in [2.75, 3.05) is 36.5 Å². The normalized spacial score (nSPS) is 19.5. The number of carbonyl (C=O) groups excluding carboxylic acids is 2. The molecule has 1 aliphatic heterocycles. The molecular weight excluding hydrogens is 318 g/mol. The van der Waals surface area contributed by atoms with Crippen LogP contribution in [0.2, 0.25) is 0 Å². The third-order valence-corrected chi connectivity index (χ3v) is 5.02. The van der Waals surface area contributed by atoms with Crippen LogP contribution in [0.3, 0.4) is 0 Å². The third-order valence-electron chi connectivity index (χ3n) is 5.02. The second-order valence-corrected chi connectivity index (χ2v) is 6.86. The highest BCUT2D eigenvalue weighted by atomic mass is 16.5. The molecule has 1 heterocycles. The molecule has 2 N–H and O–H groups in total. The van der Waals surface area contributed by atoms with E-state index in [4.69, 9.17) is 4.74 Å². The van der Waals surface area contributed by atoms with E-state index in [0.717, 1.165) is 63.4 Å². The number of amides is 2. The maximum atomic E-state index is 12.7. The van der Waals surface area contributed by atoms with Gasteiger partial charge in [-0.25, -0.2) is 0 Å². The number of anilines is 2. The largest absolute Gasteiger partial charge is 0.378 e. The first-order chi connectivity index (χ1) is 12.1. The Morgan fingerprint density at radius 2 is 1.76 bits per heavy atom. The smallest absolute Gasteiger partial charge is 0.247 e. The predicted octanol–water partition coefficient (Wildman–Crippen LogP) is 2.16. The van der Waals surface area contributed by atoms with Gasteiger partial charge in [-0.05, 0) is 43.0 Å². The fourth-order valence-corrected chi connectivity index (χ4v) is 3.70. The van der Waals surface area contributed by atoms with Gasteiger partial charge in [-0.1, -0.05) is 12.8 Å². The molecule has 1 saturated carbocycles. The molecule has 1 aromatic rings. The Morgan fingerprint density at radius 3 is 2.36 bits per heavy atom. The summed E-state index contributed by atoms with van der Waals surface area (Å²) in [6.45, 7) is 4.74. The Morgan fingerprint density at radius 1 is 1.12 bits per heavy atom. The van der Waals surface area contributed by atoms with E-state index in [1.54, 1.807) is 0 Å². The maximum Gasteiger partial charge on any atom is 0.247 e. The van der Waals surface area contributed by atoms with E-state index in [9.17, 15) is 9.59 Å². The van der Waals surface area contributed by atoms with Crippen LogP contribution in [0.15, 0.2) is 24.3 Å². The zero-order valence-corrected chi connectivity index (χ0v) is 14.8. The van der Waals surface area contributed by atoms with Crippen LogP contribution >= 0.6 is 0 Å². The maximum absolute atomic E-state index is 12.7. The lowest BCUT2D eigenvalue weighted by atomic mass is 9.97. The van der Waals surface area contributed by atoms with Gasteiger partial charge < -0.3 is 20.3 Å². The summed E-state index contributed by atoms with van der Waals surface area (Å²) in [6, 6.07) is 7.43. The summed E-state index contributed by atoms with van der Waals surface area (Å²) < 4.78 is 5.37. The second-order valence-electron chi connectivity index (χ2n) is 6.86. The van der Waals surface area contributed by atoms with Gasteiger partial charge in [0.25, 0.3) is 0 Å². The monoisotopic (exact) mass is 345 g/mol. The van der Waals surface area contributed by atoms with Crippen molar-refractivity contribution in [3.8, 4) is 0 Å². The summed E-state index contributed by atoms with van der Waals surface area (Å²) in [5.74, 6) is -0.0486. The van der Waals surface area contributed by atoms with Gasteiger partial charge >= 0.3 is 0 Å². The van der Waals surface area contributed by atoms with Gasteiger partial charge in [-0.2, -0.15) is 0 Å². The molecule has 1 atom stereocenters. The molecule has 25 heavy (non-hydrogen) atoms. The summed E-state index contributed by atoms with van der Waals surface area (Å²) in [6.07, 6.45) is 4.24. The highest BCUT2D eigenvalue weighted by molar-refractivity contribution is 5.97. The molecule has 6 nitrogen and oxygen atoms in total. The average molecular weight is 345 g/mol. The predicted molar refractivity (Wildman–Crippen MR) is 97.7 cm³/mol. The standard InChI is InChI=1S/C19H27N3O3/c1-14(23)20-18(15-4-2-3-5-15)19(24)21-16-6-8-17(9-7-16)22-10-12-25-13-11-22/h6-9,15,18H,2-5,10-13H2,1H3,(H,20,23)(H,21,24)/t18-/m1/s1. The van der Waals surface area contributed by atoms with E-state index >= 15 is 0 Å². The fourth-order valence-electron chi connectivity index (χ4n) is 3.70. The van der Waals surface area contributed by atoms with Gasteiger partial charge in [0.2, 0.25) is 11.8 Å². The van der Waals surface area contributed by atoms with Crippen molar-refractivity contribution in [3.05, 3.63) is 24.3 Å². The zero-order valence-electron chi connectivity index (χ0n) is 14.8. The Bertz CT molecular complexity index is 590. The Hall–Kier alpha value is -2.08. The van der Waals surface area contributed by atoms with Crippen LogP contribution in [0.25, 0.3) is 0 Å². The molecule has 0 radical (unpaired) electrons. The molecule has 1 aromatic carbocycles. The van der Waals surface area contributed by atoms with Crippen molar-refractivity contribution in [1.82, 2.24) is 5.32 Å². The van der Waals surface area contributed by atoms with Crippen LogP contribution in [-0.4, -0.2) is 44.2 Å². The molecule has 6 heteroatoms. The summed E-state index contributed by atoms with van der Waals surface area (Å²) in [7, 11) is 0. The minimum Gasteiger partial charge on any atom is -0.378 e. The molecular formula is C19H27N3O3. The lowest BCUT2D eigenvalue weighted by Gasteiger charge is -2.29. The van der Waals surface area contributed by atoms with Crippen LogP contribution < -0.4 is 15.5 Å². The SMILES string of the molecule is CC(=O)N[C@@H](C(=O)Nc1ccc(N2CCOCC2)cc1)C1CCCC1. The summed E-state index contributed by atoms with van der Waals surface area (Å²) in [4.78, 5) is 26.4. The molecule has 0 bridgehead atoms. The van der Waals surface area contributed by atoms with E-state index in [1.165, 1.54) is 6.92 Å². The van der Waals surface area contributed by atoms with Crippen molar-refractivity contribution < 1.29 is 14.3 Å². The van der Waals surface area contributed by atoms with Crippen LogP contribution in [0.4, 0.5) is 11.4 Å². The van der Waals surface area contributed by atoms with Crippen molar-refractivity contribution in [1.29, 1.82) is 0 Å². The quantitative estimate of drug-likeness (QED) is 0.858. The Kier molecular flexibility index (Phi) is 5.91. The highest BCUT2D eigenvalue weighted by Gasteiger charge is 2.31. The van der Waals surface area contributed by atoms with Crippen LogP contribution in [0.1, 0.15) is 32.6 Å². The van der Waals surface area contributed by atoms with Gasteiger partial charge in [-0.15, -0.1) is 0 Å². The molecule has 0 aromatic heterocycles. The first kappa shape index (κ1) is 17.7. The van der Waals surface area contributed by atoms with Crippen molar-refractivity contribution in [2.24, 2.45) is 5.92 Å². The number of nitrogens with one attached hydrogen (secondary N) is 2. The molecule has 0 spiro atoms. The first-order valence-corrected chi connectivity index (χ1v) is 9.14. The zero-order chi connectivity index (χ0) is 17.6. The summed E-state index contributed by atoms with van der Waals surface area (Å²) in [5.41, 5.74) is 1.89. The lowest BCUT2D eigenvalue weighted by molar-refractivity contribution is -0.126. The van der Waals surface area contributed by atoms with Crippen LogP contribution in [0.5, 0.6) is 0 Å². The first-order valence-electron chi connectivity index (χ1n) is 9.14. The molecule has 2 fully saturated rings. The van der Waals surface area contributed by atoms with Gasteiger partial charge in [0.15, 0.2) is 0 Å². The fraction of sp³-hybridized carbons (Fsp3) is 0.579. The van der Waals surface area contributed by atoms with Gasteiger partial charge in [0.05, 0.1) is 13.2 Å². The van der Waals surface area contributed by atoms with E-state index in [2.05, 4.69) is 15.5 Å². The van der Waals surface area contributed by atoms with Crippen LogP contribution in [-0.2, 0) is 14.3 Å². The topological polar surface area (TPSA) is 70.7 Å². The number of hydrogen-bond donors (Lipinski definition) is 2. The van der Waals surface area contributed by atoms with Crippen molar-refractivity contribution in [2.45, 2.75) is 38.6 Å². The molecule has 1 aliphatic carbocycles. The molecule has 1 saturated heterocycles. The molecule has 2 aliphatic rings. The van der Waals surface area contributed by atoms with Crippen molar-refractivity contribution in [3.63, 3.8) is 0 Å². The number of rotatable bonds is 5.